The fourth-order valence-corrected chi connectivity index (χ4v) is 3.87. The maximum Gasteiger partial charge on any atom is 0.407 e. The van der Waals surface area contributed by atoms with Crippen LogP contribution >= 0.6 is 0 Å². The highest BCUT2D eigenvalue weighted by Crippen LogP contribution is 2.37. The summed E-state index contributed by atoms with van der Waals surface area (Å²) in [5, 5.41) is 22.4. The molecule has 2 amide bonds. The lowest BCUT2D eigenvalue weighted by Crippen LogP contribution is -2.44. The van der Waals surface area contributed by atoms with E-state index in [2.05, 4.69) is 30.8 Å². The number of hydrogen-bond acceptors (Lipinski definition) is 6. The van der Waals surface area contributed by atoms with Crippen molar-refractivity contribution in [1.82, 2.24) is 30.4 Å². The molecule has 1 aliphatic carbocycles. The van der Waals surface area contributed by atoms with Crippen LogP contribution in [0.15, 0.2) is 18.5 Å². The van der Waals surface area contributed by atoms with Crippen molar-refractivity contribution in [2.24, 2.45) is 0 Å². The van der Waals surface area contributed by atoms with E-state index in [0.717, 1.165) is 31.4 Å². The molecule has 1 saturated carbocycles. The monoisotopic (exact) mass is 416 g/mol. The van der Waals surface area contributed by atoms with Crippen LogP contribution < -0.4 is 10.6 Å². The van der Waals surface area contributed by atoms with Gasteiger partial charge in [-0.1, -0.05) is 6.92 Å². The van der Waals surface area contributed by atoms with Gasteiger partial charge in [0, 0.05) is 38.2 Å². The average molecular weight is 417 g/mol. The van der Waals surface area contributed by atoms with E-state index in [0.29, 0.717) is 17.3 Å². The van der Waals surface area contributed by atoms with Crippen molar-refractivity contribution in [3.8, 4) is 0 Å². The molecule has 0 bridgehead atoms. The van der Waals surface area contributed by atoms with Gasteiger partial charge in [0.05, 0.1) is 24.5 Å². The number of carbonyl (C=O) groups is 2. The normalized spacial score (nSPS) is 19.7. The predicted octanol–water partition coefficient (Wildman–Crippen LogP) is 2.65. The molecule has 162 valence electrons. The number of carbonyl (C=O) groups excluding carboxylic acids is 1. The molecule has 1 aliphatic rings. The number of carboxylic acid groups (broad SMARTS) is 1. The standard InChI is InChI=1S/C20H29N7O3/c1-4-12(2)27(20(29)30)15-6-5-13(7-15)16-9-17(26-25-16)24-18-11-22-14(10-23-18)8-19(28)21-3/h9-13,15H,4-8H2,1-3H3,(H,21,28)(H,29,30)(H2,23,24,25,26)/t12?,13-,15?/m0/s1/i3D. The maximum atomic E-state index is 11.7. The van der Waals surface area contributed by atoms with Crippen molar-refractivity contribution in [1.29, 1.82) is 0 Å². The first-order chi connectivity index (χ1) is 14.9. The molecule has 3 atom stereocenters. The van der Waals surface area contributed by atoms with E-state index in [-0.39, 0.29) is 37.4 Å². The molecule has 1 fully saturated rings. The van der Waals surface area contributed by atoms with Gasteiger partial charge in [0.2, 0.25) is 5.91 Å². The SMILES string of the molecule is [2H]CNC(=O)Cc1cnc(Nc2cc([C@H]3CCC(N(C(=O)O)C(C)CC)C3)[nH]n2)cn1. The van der Waals surface area contributed by atoms with Crippen LogP contribution in [-0.2, 0) is 11.2 Å². The van der Waals surface area contributed by atoms with Crippen LogP contribution in [0.5, 0.6) is 0 Å². The molecular weight excluding hydrogens is 386 g/mol. The lowest BCUT2D eigenvalue weighted by molar-refractivity contribution is -0.120. The van der Waals surface area contributed by atoms with Crippen LogP contribution in [0.25, 0.3) is 0 Å². The van der Waals surface area contributed by atoms with Gasteiger partial charge >= 0.3 is 6.09 Å². The molecule has 2 heterocycles. The van der Waals surface area contributed by atoms with Gasteiger partial charge in [-0.2, -0.15) is 5.10 Å². The molecule has 3 rings (SSSR count). The second kappa shape index (κ2) is 9.55. The average Bonchev–Trinajstić information content (AvgIpc) is 3.39. The minimum atomic E-state index is -0.855. The molecule has 0 saturated heterocycles. The van der Waals surface area contributed by atoms with Crippen molar-refractivity contribution in [2.45, 2.75) is 64.0 Å². The fraction of sp³-hybridized carbons (Fsp3) is 0.550. The lowest BCUT2D eigenvalue weighted by Gasteiger charge is -2.31. The Morgan fingerprint density at radius 1 is 1.37 bits per heavy atom. The molecule has 2 unspecified atom stereocenters. The summed E-state index contributed by atoms with van der Waals surface area (Å²) in [6, 6.07) is 1.93. The molecule has 0 aliphatic heterocycles. The van der Waals surface area contributed by atoms with Crippen molar-refractivity contribution >= 4 is 23.6 Å². The molecule has 30 heavy (non-hydrogen) atoms. The van der Waals surface area contributed by atoms with Crippen molar-refractivity contribution in [3.63, 3.8) is 0 Å². The maximum absolute atomic E-state index is 11.7. The largest absolute Gasteiger partial charge is 0.465 e. The van der Waals surface area contributed by atoms with E-state index < -0.39 is 6.09 Å². The summed E-state index contributed by atoms with van der Waals surface area (Å²) in [5.74, 6) is 1.06. The highest BCUT2D eigenvalue weighted by atomic mass is 16.4. The molecule has 0 aromatic carbocycles. The number of nitrogens with zero attached hydrogens (tertiary/aromatic N) is 4. The summed E-state index contributed by atoms with van der Waals surface area (Å²) in [6.45, 7) is 3.95. The summed E-state index contributed by atoms with van der Waals surface area (Å²) >= 11 is 0. The number of aromatic nitrogens is 4. The van der Waals surface area contributed by atoms with E-state index in [4.69, 9.17) is 1.37 Å². The number of amides is 2. The fourth-order valence-electron chi connectivity index (χ4n) is 3.87. The van der Waals surface area contributed by atoms with Crippen LogP contribution in [0.2, 0.25) is 0 Å². The summed E-state index contributed by atoms with van der Waals surface area (Å²) < 4.78 is 6.98. The Kier molecular flexibility index (Phi) is 6.41. The number of nitrogens with one attached hydrogen (secondary N) is 3. The first-order valence-electron chi connectivity index (χ1n) is 10.8. The number of aromatic amines is 1. The van der Waals surface area contributed by atoms with Gasteiger partial charge in [-0.25, -0.2) is 9.78 Å². The smallest absolute Gasteiger partial charge is 0.407 e. The Hall–Kier alpha value is -3.17. The highest BCUT2D eigenvalue weighted by Gasteiger charge is 2.35. The van der Waals surface area contributed by atoms with Crippen LogP contribution in [0.1, 0.15) is 58.2 Å². The first-order valence-corrected chi connectivity index (χ1v) is 10.1. The number of likely N-dealkylation sites (N-methyl/N-ethyl adjacent to an activating group) is 1. The Morgan fingerprint density at radius 3 is 2.87 bits per heavy atom. The van der Waals surface area contributed by atoms with Gasteiger partial charge in [0.25, 0.3) is 0 Å². The Balaban J connectivity index is 1.58. The Bertz CT molecular complexity index is 889. The molecule has 0 radical (unpaired) electrons. The van der Waals surface area contributed by atoms with Gasteiger partial charge in [0.15, 0.2) is 5.82 Å². The van der Waals surface area contributed by atoms with Crippen LogP contribution in [-0.4, -0.2) is 61.3 Å². The summed E-state index contributed by atoms with van der Waals surface area (Å²) in [4.78, 5) is 33.3. The van der Waals surface area contributed by atoms with Gasteiger partial charge in [-0.3, -0.25) is 14.9 Å². The third-order valence-electron chi connectivity index (χ3n) is 5.62. The van der Waals surface area contributed by atoms with E-state index in [1.165, 1.54) is 12.4 Å². The molecule has 4 N–H and O–H groups in total. The third-order valence-corrected chi connectivity index (χ3v) is 5.62. The second-order valence-electron chi connectivity index (χ2n) is 7.61. The minimum absolute atomic E-state index is 0.000150. The number of H-pyrrole nitrogens is 1. The quantitative estimate of drug-likeness (QED) is 0.519. The summed E-state index contributed by atoms with van der Waals surface area (Å²) in [5.41, 5.74) is 1.48. The van der Waals surface area contributed by atoms with Gasteiger partial charge in [-0.15, -0.1) is 0 Å². The minimum Gasteiger partial charge on any atom is -0.465 e. The number of anilines is 2. The van der Waals surface area contributed by atoms with Gasteiger partial charge in [-0.05, 0) is 32.6 Å². The third kappa shape index (κ3) is 5.05. The zero-order chi connectivity index (χ0) is 22.4. The van der Waals surface area contributed by atoms with Crippen molar-refractivity contribution in [3.05, 3.63) is 29.8 Å². The van der Waals surface area contributed by atoms with Crippen LogP contribution in [0, 0.1) is 0 Å². The zero-order valence-corrected chi connectivity index (χ0v) is 17.3. The first kappa shape index (κ1) is 20.1. The lowest BCUT2D eigenvalue weighted by atomic mass is 10.0. The highest BCUT2D eigenvalue weighted by molar-refractivity contribution is 5.77. The molecule has 2 aromatic rings. The Morgan fingerprint density at radius 2 is 2.20 bits per heavy atom. The molecule has 10 heteroatoms. The molecule has 0 spiro atoms. The second-order valence-corrected chi connectivity index (χ2v) is 7.61. The van der Waals surface area contributed by atoms with Crippen LogP contribution in [0.3, 0.4) is 0 Å². The van der Waals surface area contributed by atoms with Crippen LogP contribution in [0.4, 0.5) is 16.4 Å². The van der Waals surface area contributed by atoms with Crippen molar-refractivity contribution < 1.29 is 16.1 Å². The predicted molar refractivity (Wildman–Crippen MR) is 112 cm³/mol. The Labute approximate surface area is 176 Å². The summed E-state index contributed by atoms with van der Waals surface area (Å²) in [7, 11) is -0.166. The topological polar surface area (TPSA) is 136 Å². The zero-order valence-electron chi connectivity index (χ0n) is 18.3. The summed E-state index contributed by atoms with van der Waals surface area (Å²) in [6.07, 6.45) is 5.56. The van der Waals surface area contributed by atoms with Gasteiger partial charge in [0.1, 0.15) is 5.82 Å². The van der Waals surface area contributed by atoms with E-state index in [1.54, 1.807) is 4.90 Å². The van der Waals surface area contributed by atoms with Gasteiger partial charge < -0.3 is 20.6 Å². The molecule has 2 aromatic heterocycles. The van der Waals surface area contributed by atoms with E-state index in [1.807, 2.05) is 19.9 Å². The molecular formula is C20H29N7O3. The number of hydrogen-bond donors (Lipinski definition) is 4. The molecule has 10 nitrogen and oxygen atoms in total. The van der Waals surface area contributed by atoms with E-state index in [9.17, 15) is 14.7 Å². The van der Waals surface area contributed by atoms with E-state index >= 15 is 0 Å². The van der Waals surface area contributed by atoms with Crippen molar-refractivity contribution in [2.75, 3.05) is 12.3 Å². The number of rotatable bonds is 8.